The number of rotatable bonds is 5. The number of nitrogens with one attached hydrogen (secondary N) is 1. The lowest BCUT2D eigenvalue weighted by atomic mass is 10.3. The summed E-state index contributed by atoms with van der Waals surface area (Å²) < 4.78 is 29.1. The summed E-state index contributed by atoms with van der Waals surface area (Å²) in [6, 6.07) is 7.76. The monoisotopic (exact) mass is 345 g/mol. The zero-order valence-corrected chi connectivity index (χ0v) is 13.4. The predicted molar refractivity (Wildman–Crippen MR) is 83.0 cm³/mol. The van der Waals surface area contributed by atoms with Crippen LogP contribution in [0.2, 0.25) is 5.02 Å². The van der Waals surface area contributed by atoms with Gasteiger partial charge < -0.3 is 10.1 Å². The average molecular weight is 346 g/mol. The van der Waals surface area contributed by atoms with E-state index in [4.69, 9.17) is 16.3 Å². The highest BCUT2D eigenvalue weighted by molar-refractivity contribution is 7.94. The van der Waals surface area contributed by atoms with E-state index in [2.05, 4.69) is 5.32 Å². The molecule has 8 heteroatoms. The van der Waals surface area contributed by atoms with Crippen molar-refractivity contribution in [3.05, 3.63) is 40.7 Å². The molecule has 0 radical (unpaired) electrons. The molecule has 1 N–H and O–H groups in total. The van der Waals surface area contributed by atoms with Crippen molar-refractivity contribution in [3.8, 4) is 5.75 Å². The van der Waals surface area contributed by atoms with Crippen LogP contribution in [0.15, 0.2) is 39.9 Å². The minimum absolute atomic E-state index is 0.172. The number of hydrogen-bond donors (Lipinski definition) is 1. The van der Waals surface area contributed by atoms with Gasteiger partial charge in [0.05, 0.1) is 12.1 Å². The van der Waals surface area contributed by atoms with E-state index in [1.807, 2.05) is 0 Å². The maximum atomic E-state index is 12.0. The van der Waals surface area contributed by atoms with Crippen LogP contribution in [0, 0.1) is 0 Å². The fourth-order valence-corrected chi connectivity index (χ4v) is 4.11. The molecule has 1 aromatic carbocycles. The number of methoxy groups -OCH3 is 1. The van der Waals surface area contributed by atoms with Gasteiger partial charge in [0.2, 0.25) is 5.91 Å². The van der Waals surface area contributed by atoms with E-state index in [1.54, 1.807) is 23.6 Å². The first-order valence-electron chi connectivity index (χ1n) is 5.82. The van der Waals surface area contributed by atoms with Crippen LogP contribution in [-0.4, -0.2) is 27.2 Å². The summed E-state index contributed by atoms with van der Waals surface area (Å²) in [5, 5.41) is 4.48. The van der Waals surface area contributed by atoms with E-state index >= 15 is 0 Å². The van der Waals surface area contributed by atoms with Gasteiger partial charge in [0.15, 0.2) is 9.84 Å². The topological polar surface area (TPSA) is 72.5 Å². The molecule has 0 aliphatic heterocycles. The first-order chi connectivity index (χ1) is 9.92. The number of amides is 1. The Morgan fingerprint density at radius 3 is 2.71 bits per heavy atom. The van der Waals surface area contributed by atoms with E-state index in [9.17, 15) is 13.2 Å². The highest BCUT2D eigenvalue weighted by Crippen LogP contribution is 2.27. The van der Waals surface area contributed by atoms with Crippen LogP contribution in [0.1, 0.15) is 0 Å². The van der Waals surface area contributed by atoms with Gasteiger partial charge in [0.1, 0.15) is 15.7 Å². The lowest BCUT2D eigenvalue weighted by Gasteiger charge is -2.08. The number of thiophene rings is 1. The maximum Gasteiger partial charge on any atom is 0.239 e. The van der Waals surface area contributed by atoms with Crippen molar-refractivity contribution >= 4 is 44.4 Å². The minimum Gasteiger partial charge on any atom is -0.495 e. The van der Waals surface area contributed by atoms with Gasteiger partial charge in [0, 0.05) is 5.69 Å². The highest BCUT2D eigenvalue weighted by atomic mass is 35.5. The van der Waals surface area contributed by atoms with E-state index in [0.717, 1.165) is 11.3 Å². The van der Waals surface area contributed by atoms with Gasteiger partial charge >= 0.3 is 0 Å². The highest BCUT2D eigenvalue weighted by Gasteiger charge is 2.20. The molecule has 0 spiro atoms. The second-order valence-corrected chi connectivity index (χ2v) is 7.66. The fourth-order valence-electron chi connectivity index (χ4n) is 1.63. The Kier molecular flexibility index (Phi) is 4.87. The number of carbonyl (C=O) groups excluding carboxylic acids is 1. The Labute approximate surface area is 131 Å². The fraction of sp³-hybridized carbons (Fsp3) is 0.154. The molecule has 1 aromatic heterocycles. The number of anilines is 1. The van der Waals surface area contributed by atoms with Crippen molar-refractivity contribution in [2.45, 2.75) is 4.21 Å². The molecule has 0 atom stereocenters. The summed E-state index contributed by atoms with van der Waals surface area (Å²) >= 11 is 7.01. The number of carbonyl (C=O) groups is 1. The molecule has 1 amide bonds. The predicted octanol–water partition coefficient (Wildman–Crippen LogP) is 2.82. The molecular weight excluding hydrogens is 334 g/mol. The Balaban J connectivity index is 2.07. The summed E-state index contributed by atoms with van der Waals surface area (Å²) in [6.45, 7) is 0. The SMILES string of the molecule is COc1ccc(NC(=O)CS(=O)(=O)c2cccs2)cc1Cl. The second-order valence-electron chi connectivity index (χ2n) is 4.09. The Morgan fingerprint density at radius 1 is 1.38 bits per heavy atom. The van der Waals surface area contributed by atoms with E-state index < -0.39 is 21.5 Å². The van der Waals surface area contributed by atoms with E-state index in [-0.39, 0.29) is 4.21 Å². The molecule has 0 aliphatic rings. The van der Waals surface area contributed by atoms with Crippen molar-refractivity contribution in [2.75, 3.05) is 18.2 Å². The molecule has 0 saturated heterocycles. The molecule has 0 unspecified atom stereocenters. The van der Waals surface area contributed by atoms with Crippen LogP contribution in [0.4, 0.5) is 5.69 Å². The number of halogens is 1. The summed E-state index contributed by atoms with van der Waals surface area (Å²) in [5.74, 6) is -0.762. The molecular formula is C13H12ClNO4S2. The smallest absolute Gasteiger partial charge is 0.239 e. The van der Waals surface area contributed by atoms with Crippen LogP contribution in [-0.2, 0) is 14.6 Å². The number of sulfone groups is 1. The third-order valence-corrected chi connectivity index (χ3v) is 5.96. The molecule has 0 bridgehead atoms. The molecule has 21 heavy (non-hydrogen) atoms. The van der Waals surface area contributed by atoms with Crippen LogP contribution in [0.5, 0.6) is 5.75 Å². The van der Waals surface area contributed by atoms with Gasteiger partial charge in [-0.25, -0.2) is 8.42 Å². The minimum atomic E-state index is -3.61. The van der Waals surface area contributed by atoms with Crippen molar-refractivity contribution in [1.82, 2.24) is 0 Å². The number of ether oxygens (including phenoxy) is 1. The molecule has 112 valence electrons. The third kappa shape index (κ3) is 3.96. The van der Waals surface area contributed by atoms with Crippen LogP contribution >= 0.6 is 22.9 Å². The number of hydrogen-bond acceptors (Lipinski definition) is 5. The zero-order valence-electron chi connectivity index (χ0n) is 11.0. The molecule has 0 saturated carbocycles. The molecule has 0 fully saturated rings. The normalized spacial score (nSPS) is 11.1. The summed E-state index contributed by atoms with van der Waals surface area (Å²) in [6.07, 6.45) is 0. The Morgan fingerprint density at radius 2 is 2.14 bits per heavy atom. The standard InChI is InChI=1S/C13H12ClNO4S2/c1-19-11-5-4-9(7-10(11)14)15-12(16)8-21(17,18)13-3-2-6-20-13/h2-7H,8H2,1H3,(H,15,16). The molecule has 5 nitrogen and oxygen atoms in total. The van der Waals surface area contributed by atoms with Crippen molar-refractivity contribution < 1.29 is 17.9 Å². The third-order valence-electron chi connectivity index (χ3n) is 2.56. The molecule has 0 aliphatic carbocycles. The number of benzene rings is 1. The van der Waals surface area contributed by atoms with Crippen LogP contribution in [0.3, 0.4) is 0 Å². The van der Waals surface area contributed by atoms with Crippen molar-refractivity contribution in [1.29, 1.82) is 0 Å². The summed E-state index contributed by atoms with van der Waals surface area (Å²) in [7, 11) is -2.13. The van der Waals surface area contributed by atoms with Crippen LogP contribution < -0.4 is 10.1 Å². The average Bonchev–Trinajstić information content (AvgIpc) is 2.92. The van der Waals surface area contributed by atoms with Gasteiger partial charge in [-0.1, -0.05) is 17.7 Å². The summed E-state index contributed by atoms with van der Waals surface area (Å²) in [5.41, 5.74) is 0.409. The van der Waals surface area contributed by atoms with Gasteiger partial charge in [-0.05, 0) is 29.6 Å². The molecule has 2 rings (SSSR count). The van der Waals surface area contributed by atoms with E-state index in [1.165, 1.54) is 19.2 Å². The van der Waals surface area contributed by atoms with Gasteiger partial charge in [-0.3, -0.25) is 4.79 Å². The van der Waals surface area contributed by atoms with E-state index in [0.29, 0.717) is 16.5 Å². The Bertz CT molecular complexity index is 742. The largest absolute Gasteiger partial charge is 0.495 e. The van der Waals surface area contributed by atoms with Gasteiger partial charge in [-0.15, -0.1) is 11.3 Å². The van der Waals surface area contributed by atoms with Gasteiger partial charge in [0.25, 0.3) is 0 Å². The Hall–Kier alpha value is -1.57. The quantitative estimate of drug-likeness (QED) is 0.904. The lowest BCUT2D eigenvalue weighted by Crippen LogP contribution is -2.22. The van der Waals surface area contributed by atoms with Crippen molar-refractivity contribution in [3.63, 3.8) is 0 Å². The molecule has 2 aromatic rings. The first-order valence-corrected chi connectivity index (χ1v) is 8.73. The second kappa shape index (κ2) is 6.46. The van der Waals surface area contributed by atoms with Crippen molar-refractivity contribution in [2.24, 2.45) is 0 Å². The lowest BCUT2D eigenvalue weighted by molar-refractivity contribution is -0.113. The first kappa shape index (κ1) is 15.8. The van der Waals surface area contributed by atoms with Crippen LogP contribution in [0.25, 0.3) is 0 Å². The maximum absolute atomic E-state index is 12.0. The molecule has 1 heterocycles. The van der Waals surface area contributed by atoms with Gasteiger partial charge in [-0.2, -0.15) is 0 Å². The summed E-state index contributed by atoms with van der Waals surface area (Å²) in [4.78, 5) is 11.8. The zero-order chi connectivity index (χ0) is 15.5.